The number of carbonyl (C=O) groups excluding carboxylic acids is 3. The van der Waals surface area contributed by atoms with Gasteiger partial charge in [0, 0.05) is 12.2 Å². The summed E-state index contributed by atoms with van der Waals surface area (Å²) in [6, 6.07) is 1.80. The van der Waals surface area contributed by atoms with Crippen molar-refractivity contribution in [1.29, 1.82) is 0 Å². The third-order valence-corrected chi connectivity index (χ3v) is 5.72. The first kappa shape index (κ1) is 30.2. The van der Waals surface area contributed by atoms with E-state index in [4.69, 9.17) is 11.5 Å². The molecule has 12 heteroatoms. The number of hydrogen-bond donors (Lipinski definition) is 8. The molecule has 0 spiro atoms. The van der Waals surface area contributed by atoms with Crippen molar-refractivity contribution in [2.24, 2.45) is 17.4 Å². The van der Waals surface area contributed by atoms with Crippen LogP contribution in [0, 0.1) is 5.92 Å². The van der Waals surface area contributed by atoms with Crippen molar-refractivity contribution in [2.75, 3.05) is 12.3 Å². The van der Waals surface area contributed by atoms with Gasteiger partial charge in [0.15, 0.2) is 0 Å². The molecule has 1 aromatic carbocycles. The van der Waals surface area contributed by atoms with Gasteiger partial charge in [-0.15, -0.1) is 0 Å². The van der Waals surface area contributed by atoms with Gasteiger partial charge in [-0.1, -0.05) is 32.4 Å². The van der Waals surface area contributed by atoms with Crippen molar-refractivity contribution in [3.63, 3.8) is 0 Å². The molecule has 0 fully saturated rings. The second-order valence-corrected chi connectivity index (χ2v) is 9.00. The molecular formula is C23H37N5O6S. The van der Waals surface area contributed by atoms with E-state index in [1.807, 2.05) is 0 Å². The summed E-state index contributed by atoms with van der Waals surface area (Å²) >= 11 is 4.13. The zero-order valence-electron chi connectivity index (χ0n) is 20.1. The number of carboxylic acids is 1. The normalized spacial score (nSPS) is 14.5. The summed E-state index contributed by atoms with van der Waals surface area (Å²) in [4.78, 5) is 49.8. The number of amides is 3. The zero-order valence-corrected chi connectivity index (χ0v) is 21.0. The molecule has 35 heavy (non-hydrogen) atoms. The summed E-state index contributed by atoms with van der Waals surface area (Å²) in [6.45, 7) is 3.89. The highest BCUT2D eigenvalue weighted by molar-refractivity contribution is 7.80. The van der Waals surface area contributed by atoms with Crippen molar-refractivity contribution in [2.45, 2.75) is 63.7 Å². The number of rotatable bonds is 15. The van der Waals surface area contributed by atoms with E-state index in [9.17, 15) is 29.4 Å². The molecule has 11 nitrogen and oxygen atoms in total. The maximum atomic E-state index is 12.9. The van der Waals surface area contributed by atoms with Crippen LogP contribution in [0.25, 0.3) is 0 Å². The molecule has 0 aromatic heterocycles. The van der Waals surface area contributed by atoms with E-state index in [0.29, 0.717) is 24.9 Å². The predicted octanol–water partition coefficient (Wildman–Crippen LogP) is -0.484. The molecule has 0 aliphatic carbocycles. The molecule has 0 saturated carbocycles. The van der Waals surface area contributed by atoms with Gasteiger partial charge < -0.3 is 37.6 Å². The number of aliphatic carboxylic acids is 1. The zero-order chi connectivity index (χ0) is 26.5. The van der Waals surface area contributed by atoms with Gasteiger partial charge >= 0.3 is 5.97 Å². The molecule has 0 aliphatic rings. The molecule has 4 unspecified atom stereocenters. The van der Waals surface area contributed by atoms with Crippen LogP contribution in [0.4, 0.5) is 0 Å². The monoisotopic (exact) mass is 511 g/mol. The van der Waals surface area contributed by atoms with Gasteiger partial charge in [-0.3, -0.25) is 14.4 Å². The van der Waals surface area contributed by atoms with Crippen molar-refractivity contribution in [3.8, 4) is 5.75 Å². The summed E-state index contributed by atoms with van der Waals surface area (Å²) in [5.74, 6) is -3.44. The van der Waals surface area contributed by atoms with Crippen LogP contribution >= 0.6 is 12.6 Å². The van der Waals surface area contributed by atoms with Crippen LogP contribution in [0.3, 0.4) is 0 Å². The Morgan fingerprint density at radius 2 is 1.54 bits per heavy atom. The minimum absolute atomic E-state index is 0.0164. The molecule has 1 aromatic rings. The van der Waals surface area contributed by atoms with Gasteiger partial charge in [-0.25, -0.2) is 4.79 Å². The second kappa shape index (κ2) is 15.2. The summed E-state index contributed by atoms with van der Waals surface area (Å²) in [6.07, 6.45) is 1.80. The van der Waals surface area contributed by atoms with E-state index >= 15 is 0 Å². The van der Waals surface area contributed by atoms with Crippen LogP contribution in [-0.2, 0) is 25.6 Å². The van der Waals surface area contributed by atoms with Crippen LogP contribution in [0.1, 0.15) is 38.7 Å². The Morgan fingerprint density at radius 3 is 2.06 bits per heavy atom. The number of carboxylic acid groups (broad SMARTS) is 1. The van der Waals surface area contributed by atoms with Gasteiger partial charge in [-0.2, -0.15) is 12.6 Å². The topological polar surface area (TPSA) is 197 Å². The Morgan fingerprint density at radius 1 is 0.943 bits per heavy atom. The van der Waals surface area contributed by atoms with E-state index in [0.717, 1.165) is 6.42 Å². The van der Waals surface area contributed by atoms with Crippen molar-refractivity contribution in [1.82, 2.24) is 16.0 Å². The van der Waals surface area contributed by atoms with Crippen molar-refractivity contribution >= 4 is 36.3 Å². The molecule has 0 bridgehead atoms. The van der Waals surface area contributed by atoms with Gasteiger partial charge in [0.1, 0.15) is 23.9 Å². The molecule has 3 amide bonds. The maximum absolute atomic E-state index is 12.9. The average molecular weight is 512 g/mol. The first-order valence-corrected chi connectivity index (χ1v) is 12.1. The summed E-state index contributed by atoms with van der Waals surface area (Å²) in [5, 5.41) is 26.5. The van der Waals surface area contributed by atoms with Gasteiger partial charge in [0.25, 0.3) is 0 Å². The standard InChI is InChI=1S/C23H37N5O6S/c1-13(2)19(22(32)26-17(23(33)34)11-14-6-8-15(29)9-7-14)28-21(31)18(12-35)27-20(30)16(25)5-3-4-10-24/h6-9,13,16-19,29,35H,3-5,10-12,24-25H2,1-2H3,(H,26,32)(H,27,30)(H,28,31)(H,33,34). The molecular weight excluding hydrogens is 474 g/mol. The molecule has 0 aliphatic heterocycles. The van der Waals surface area contributed by atoms with Crippen LogP contribution in [-0.4, -0.2) is 70.4 Å². The number of carbonyl (C=O) groups is 4. The number of unbranched alkanes of at least 4 members (excludes halogenated alkanes) is 1. The number of benzene rings is 1. The SMILES string of the molecule is CC(C)C(NC(=O)C(CS)NC(=O)C(N)CCCCN)C(=O)NC(Cc1ccc(O)cc1)C(=O)O. The highest BCUT2D eigenvalue weighted by Crippen LogP contribution is 2.12. The van der Waals surface area contributed by atoms with Gasteiger partial charge in [-0.05, 0) is 43.0 Å². The van der Waals surface area contributed by atoms with Gasteiger partial charge in [0.05, 0.1) is 6.04 Å². The number of thiol groups is 1. The van der Waals surface area contributed by atoms with E-state index in [1.165, 1.54) is 12.1 Å². The molecule has 0 radical (unpaired) electrons. The van der Waals surface area contributed by atoms with Crippen LogP contribution < -0.4 is 27.4 Å². The third kappa shape index (κ3) is 10.5. The Balaban J connectivity index is 2.82. The second-order valence-electron chi connectivity index (χ2n) is 8.63. The van der Waals surface area contributed by atoms with Crippen molar-refractivity contribution in [3.05, 3.63) is 29.8 Å². The lowest BCUT2D eigenvalue weighted by molar-refractivity contribution is -0.142. The summed E-state index contributed by atoms with van der Waals surface area (Å²) < 4.78 is 0. The third-order valence-electron chi connectivity index (χ3n) is 5.36. The predicted molar refractivity (Wildman–Crippen MR) is 135 cm³/mol. The highest BCUT2D eigenvalue weighted by Gasteiger charge is 2.31. The van der Waals surface area contributed by atoms with E-state index in [2.05, 4.69) is 28.6 Å². The fourth-order valence-corrected chi connectivity index (χ4v) is 3.49. The fraction of sp³-hybridized carbons (Fsp3) is 0.565. The van der Waals surface area contributed by atoms with Crippen LogP contribution in [0.5, 0.6) is 5.75 Å². The molecule has 0 heterocycles. The Labute approximate surface area is 210 Å². The van der Waals surface area contributed by atoms with E-state index in [1.54, 1.807) is 26.0 Å². The van der Waals surface area contributed by atoms with Crippen molar-refractivity contribution < 1.29 is 29.4 Å². The largest absolute Gasteiger partial charge is 0.508 e. The minimum atomic E-state index is -1.25. The number of phenols is 1. The summed E-state index contributed by atoms with van der Waals surface area (Å²) in [7, 11) is 0. The molecule has 4 atom stereocenters. The lowest BCUT2D eigenvalue weighted by Gasteiger charge is -2.26. The number of aromatic hydroxyl groups is 1. The first-order chi connectivity index (χ1) is 16.5. The van der Waals surface area contributed by atoms with Gasteiger partial charge in [0.2, 0.25) is 17.7 Å². The number of nitrogens with one attached hydrogen (secondary N) is 3. The average Bonchev–Trinajstić information content (AvgIpc) is 2.81. The fourth-order valence-electron chi connectivity index (χ4n) is 3.23. The smallest absolute Gasteiger partial charge is 0.326 e. The highest BCUT2D eigenvalue weighted by atomic mass is 32.1. The number of nitrogens with two attached hydrogens (primary N) is 2. The lowest BCUT2D eigenvalue weighted by atomic mass is 10.0. The quantitative estimate of drug-likeness (QED) is 0.114. The molecule has 196 valence electrons. The lowest BCUT2D eigenvalue weighted by Crippen LogP contribution is -2.59. The number of phenolic OH excluding ortho intramolecular Hbond substituents is 1. The van der Waals surface area contributed by atoms with E-state index < -0.39 is 47.9 Å². The first-order valence-electron chi connectivity index (χ1n) is 11.5. The molecule has 1 rings (SSSR count). The number of hydrogen-bond acceptors (Lipinski definition) is 8. The van der Waals surface area contributed by atoms with E-state index in [-0.39, 0.29) is 23.8 Å². The summed E-state index contributed by atoms with van der Waals surface area (Å²) in [5.41, 5.74) is 11.9. The molecule has 0 saturated heterocycles. The maximum Gasteiger partial charge on any atom is 0.326 e. The Bertz CT molecular complexity index is 851. The molecule has 9 N–H and O–H groups in total. The Kier molecular flexibility index (Phi) is 13.1. The van der Waals surface area contributed by atoms with Crippen LogP contribution in [0.2, 0.25) is 0 Å². The Hall–Kier alpha value is -2.83. The minimum Gasteiger partial charge on any atom is -0.508 e. The van der Waals surface area contributed by atoms with Crippen LogP contribution in [0.15, 0.2) is 24.3 Å².